The first kappa shape index (κ1) is 8.97. The predicted octanol–water partition coefficient (Wildman–Crippen LogP) is 1.05. The highest BCUT2D eigenvalue weighted by Crippen LogP contribution is 2.97. The molecule has 5 rings (SSSR count). The van der Waals surface area contributed by atoms with Crippen LogP contribution >= 0.6 is 0 Å². The monoisotopic (exact) mass is 233 g/mol. The largest absolute Gasteiger partial charge is 0.450 e. The van der Waals surface area contributed by atoms with Crippen molar-refractivity contribution >= 4 is 6.09 Å². The molecule has 4 aliphatic carbocycles. The van der Waals surface area contributed by atoms with E-state index in [0.717, 1.165) is 12.8 Å². The standard InChI is InChI=1S/C13H15NO3/c1-2-17-11(16)14-9-4-6(15)3-7-10-8-5-12(8,10)13(7,9)14/h6-7,9,15H,2-5H2,1H3/t6?,7?,9?,12-,13?,14?/m1/s1. The van der Waals surface area contributed by atoms with Crippen molar-refractivity contribution in [2.45, 2.75) is 43.9 Å². The van der Waals surface area contributed by atoms with E-state index in [2.05, 4.69) is 0 Å². The van der Waals surface area contributed by atoms with Gasteiger partial charge in [0.05, 0.1) is 24.3 Å². The van der Waals surface area contributed by atoms with Crippen molar-refractivity contribution in [2.24, 2.45) is 11.3 Å². The zero-order chi connectivity index (χ0) is 11.6. The summed E-state index contributed by atoms with van der Waals surface area (Å²) in [5.41, 5.74) is 3.61. The Labute approximate surface area is 99.2 Å². The molecule has 1 heterocycles. The van der Waals surface area contributed by atoms with Gasteiger partial charge < -0.3 is 9.84 Å². The number of amides is 1. The molecule has 2 spiro atoms. The third kappa shape index (κ3) is 0.615. The van der Waals surface area contributed by atoms with Gasteiger partial charge in [-0.2, -0.15) is 0 Å². The minimum atomic E-state index is -0.233. The van der Waals surface area contributed by atoms with Crippen LogP contribution in [0.1, 0.15) is 26.2 Å². The van der Waals surface area contributed by atoms with Crippen molar-refractivity contribution < 1.29 is 14.6 Å². The Kier molecular flexibility index (Phi) is 1.13. The second kappa shape index (κ2) is 2.14. The van der Waals surface area contributed by atoms with E-state index >= 15 is 0 Å². The van der Waals surface area contributed by atoms with Gasteiger partial charge in [0.2, 0.25) is 0 Å². The highest BCUT2D eigenvalue weighted by atomic mass is 16.6. The molecule has 0 aromatic rings. The molecular weight excluding hydrogens is 218 g/mol. The topological polar surface area (TPSA) is 49.5 Å². The Morgan fingerprint density at radius 2 is 2.41 bits per heavy atom. The maximum Gasteiger partial charge on any atom is 0.410 e. The van der Waals surface area contributed by atoms with Crippen molar-refractivity contribution in [2.75, 3.05) is 6.61 Å². The average molecular weight is 233 g/mol. The van der Waals surface area contributed by atoms with Crippen molar-refractivity contribution in [3.05, 3.63) is 11.1 Å². The van der Waals surface area contributed by atoms with Gasteiger partial charge >= 0.3 is 6.09 Å². The molecule has 1 saturated heterocycles. The number of ether oxygens (including phenoxy) is 1. The van der Waals surface area contributed by atoms with Gasteiger partial charge in [0.15, 0.2) is 0 Å². The Balaban J connectivity index is 1.53. The third-order valence-electron chi connectivity index (χ3n) is 5.74. The second-order valence-electron chi connectivity index (χ2n) is 6.06. The van der Waals surface area contributed by atoms with E-state index in [1.54, 1.807) is 11.1 Å². The van der Waals surface area contributed by atoms with Crippen LogP contribution in [0.2, 0.25) is 0 Å². The summed E-state index contributed by atoms with van der Waals surface area (Å²) < 4.78 is 5.16. The molecule has 4 unspecified atom stereocenters. The Morgan fingerprint density at radius 3 is 3.12 bits per heavy atom. The van der Waals surface area contributed by atoms with Crippen molar-refractivity contribution in [3.8, 4) is 0 Å². The lowest BCUT2D eigenvalue weighted by Crippen LogP contribution is -2.52. The molecule has 0 bridgehead atoms. The zero-order valence-electron chi connectivity index (χ0n) is 9.77. The van der Waals surface area contributed by atoms with Crippen LogP contribution < -0.4 is 0 Å². The van der Waals surface area contributed by atoms with E-state index in [1.807, 2.05) is 11.8 Å². The van der Waals surface area contributed by atoms with Gasteiger partial charge in [-0.05, 0) is 26.2 Å². The van der Waals surface area contributed by atoms with E-state index in [9.17, 15) is 9.90 Å². The number of hydrogen-bond acceptors (Lipinski definition) is 3. The summed E-state index contributed by atoms with van der Waals surface area (Å²) in [6.07, 6.45) is 2.41. The van der Waals surface area contributed by atoms with E-state index < -0.39 is 0 Å². The van der Waals surface area contributed by atoms with Crippen molar-refractivity contribution in [1.82, 2.24) is 4.90 Å². The number of hydrogen-bond donors (Lipinski definition) is 1. The smallest absolute Gasteiger partial charge is 0.410 e. The van der Waals surface area contributed by atoms with Gasteiger partial charge in [-0.15, -0.1) is 0 Å². The number of aliphatic hydroxyl groups is 1. The van der Waals surface area contributed by atoms with Crippen LogP contribution in [0.4, 0.5) is 4.79 Å². The molecule has 0 radical (unpaired) electrons. The summed E-state index contributed by atoms with van der Waals surface area (Å²) >= 11 is 0. The van der Waals surface area contributed by atoms with Gasteiger partial charge in [0.1, 0.15) is 0 Å². The van der Waals surface area contributed by atoms with Crippen molar-refractivity contribution in [3.63, 3.8) is 0 Å². The number of rotatable bonds is 1. The first-order valence-corrected chi connectivity index (χ1v) is 6.57. The summed E-state index contributed by atoms with van der Waals surface area (Å²) in [7, 11) is 0. The minimum absolute atomic E-state index is 0.0726. The summed E-state index contributed by atoms with van der Waals surface area (Å²) in [5.74, 6) is 0.462. The van der Waals surface area contributed by atoms with Gasteiger partial charge in [0, 0.05) is 11.3 Å². The maximum atomic E-state index is 12.0. The molecule has 5 aliphatic rings. The number of likely N-dealkylation sites (tertiary alicyclic amines) is 1. The van der Waals surface area contributed by atoms with Crippen LogP contribution in [0, 0.1) is 11.3 Å². The lowest BCUT2D eigenvalue weighted by atomic mass is 9.58. The van der Waals surface area contributed by atoms with Crippen LogP contribution in [-0.4, -0.2) is 40.4 Å². The highest BCUT2D eigenvalue weighted by molar-refractivity contribution is 5.88. The molecule has 5 atom stereocenters. The quantitative estimate of drug-likeness (QED) is 0.544. The van der Waals surface area contributed by atoms with Crippen LogP contribution in [0.15, 0.2) is 11.1 Å². The molecule has 4 fully saturated rings. The minimum Gasteiger partial charge on any atom is -0.450 e. The van der Waals surface area contributed by atoms with Crippen molar-refractivity contribution in [1.29, 1.82) is 0 Å². The molecule has 1 amide bonds. The normalized spacial score (nSPS) is 54.9. The Bertz CT molecular complexity index is 513. The van der Waals surface area contributed by atoms with Crippen LogP contribution in [0.3, 0.4) is 0 Å². The molecule has 0 aromatic carbocycles. The molecule has 90 valence electrons. The van der Waals surface area contributed by atoms with Crippen LogP contribution in [-0.2, 0) is 4.74 Å². The van der Waals surface area contributed by atoms with Gasteiger partial charge in [-0.1, -0.05) is 11.1 Å². The Morgan fingerprint density at radius 1 is 1.59 bits per heavy atom. The second-order valence-corrected chi connectivity index (χ2v) is 6.06. The molecule has 3 saturated carbocycles. The van der Waals surface area contributed by atoms with Gasteiger partial charge in [-0.3, -0.25) is 4.90 Å². The summed E-state index contributed by atoms with van der Waals surface area (Å²) in [6, 6.07) is 0.249. The Hall–Kier alpha value is -1.03. The first-order valence-electron chi connectivity index (χ1n) is 6.57. The fraction of sp³-hybridized carbons (Fsp3) is 0.769. The lowest BCUT2D eigenvalue weighted by molar-refractivity contribution is 0.0616. The van der Waals surface area contributed by atoms with Crippen LogP contribution in [0.5, 0.6) is 0 Å². The SMILES string of the molecule is CCOC(=O)N1C2CC(O)CC3C4=C5C[C@@]54C321. The number of carbonyl (C=O) groups is 1. The van der Waals surface area contributed by atoms with E-state index in [4.69, 9.17) is 4.74 Å². The lowest BCUT2D eigenvalue weighted by Gasteiger charge is -2.45. The predicted molar refractivity (Wildman–Crippen MR) is 58.2 cm³/mol. The maximum absolute atomic E-state index is 12.0. The summed E-state index contributed by atoms with van der Waals surface area (Å²) in [5, 5.41) is 9.89. The fourth-order valence-electron chi connectivity index (χ4n) is 5.19. The molecule has 4 heteroatoms. The average Bonchev–Trinajstić information content (AvgIpc) is 3.10. The summed E-state index contributed by atoms with van der Waals surface area (Å²) in [4.78, 5) is 13.9. The van der Waals surface area contributed by atoms with Crippen LogP contribution in [0.25, 0.3) is 0 Å². The van der Waals surface area contributed by atoms with E-state index in [-0.39, 0.29) is 23.8 Å². The number of aliphatic hydroxyl groups excluding tert-OH is 1. The molecular formula is C13H15NO3. The first-order chi connectivity index (χ1) is 8.19. The molecule has 1 aliphatic heterocycles. The van der Waals surface area contributed by atoms with Gasteiger partial charge in [-0.25, -0.2) is 4.79 Å². The number of fused-ring (bicyclic) bond motifs is 1. The number of nitrogens with zero attached hydrogens (tertiary/aromatic N) is 1. The molecule has 4 nitrogen and oxygen atoms in total. The highest BCUT2D eigenvalue weighted by Gasteiger charge is 2.99. The van der Waals surface area contributed by atoms with E-state index in [0.29, 0.717) is 17.9 Å². The van der Waals surface area contributed by atoms with E-state index in [1.165, 1.54) is 6.42 Å². The summed E-state index contributed by atoms with van der Waals surface area (Å²) in [6.45, 7) is 2.28. The molecule has 17 heavy (non-hydrogen) atoms. The molecule has 0 aromatic heterocycles. The zero-order valence-corrected chi connectivity index (χ0v) is 9.77. The number of carbonyl (C=O) groups excluding carboxylic acids is 1. The third-order valence-corrected chi connectivity index (χ3v) is 5.74. The molecule has 1 N–H and O–H groups in total. The fourth-order valence-corrected chi connectivity index (χ4v) is 5.19. The van der Waals surface area contributed by atoms with Gasteiger partial charge in [0.25, 0.3) is 0 Å².